The molecule has 0 radical (unpaired) electrons. The summed E-state index contributed by atoms with van der Waals surface area (Å²) >= 11 is 6.35. The molecule has 1 aliphatic carbocycles. The van der Waals surface area contributed by atoms with Crippen molar-refractivity contribution in [2.45, 2.75) is 18.9 Å². The molecule has 28 heavy (non-hydrogen) atoms. The average Bonchev–Trinajstić information content (AvgIpc) is 3.42. The van der Waals surface area contributed by atoms with Crippen LogP contribution in [0.4, 0.5) is 4.39 Å². The molecule has 0 amide bonds. The Morgan fingerprint density at radius 1 is 1.14 bits per heavy atom. The molecule has 4 aromatic rings. The first kappa shape index (κ1) is 17.1. The van der Waals surface area contributed by atoms with Gasteiger partial charge in [0.25, 0.3) is 0 Å². The molecule has 3 aromatic heterocycles. The highest BCUT2D eigenvalue weighted by atomic mass is 35.5. The zero-order valence-electron chi connectivity index (χ0n) is 14.9. The van der Waals surface area contributed by atoms with Crippen molar-refractivity contribution < 1.29 is 9.13 Å². The molecule has 0 atom stereocenters. The third kappa shape index (κ3) is 2.97. The van der Waals surface area contributed by atoms with Crippen molar-refractivity contribution in [2.24, 2.45) is 7.05 Å². The summed E-state index contributed by atoms with van der Waals surface area (Å²) in [5, 5.41) is 4.70. The number of pyridine rings is 1. The topological polar surface area (TPSA) is 65.7 Å². The second-order valence-corrected chi connectivity index (χ2v) is 7.09. The standard InChI is InChI=1S/C20H15ClFN5O/c1-27-9-13(17(26-27)12-4-2-3-5-14(12)22)18-19-15(23-10-24-18)8-16(20(21)25-19)28-11-6-7-11/h2-5,8-11H,6-7H2,1H3. The van der Waals surface area contributed by atoms with E-state index in [1.54, 1.807) is 42.2 Å². The lowest BCUT2D eigenvalue weighted by Crippen LogP contribution is -2.00. The highest BCUT2D eigenvalue weighted by molar-refractivity contribution is 6.31. The van der Waals surface area contributed by atoms with Gasteiger partial charge < -0.3 is 4.74 Å². The summed E-state index contributed by atoms with van der Waals surface area (Å²) in [7, 11) is 1.78. The maximum Gasteiger partial charge on any atom is 0.171 e. The van der Waals surface area contributed by atoms with Crippen molar-refractivity contribution in [2.75, 3.05) is 0 Å². The Labute approximate surface area is 165 Å². The molecule has 5 rings (SSSR count). The summed E-state index contributed by atoms with van der Waals surface area (Å²) in [6.07, 6.45) is 5.47. The van der Waals surface area contributed by atoms with Crippen LogP contribution in [0.2, 0.25) is 5.15 Å². The zero-order valence-corrected chi connectivity index (χ0v) is 15.7. The van der Waals surface area contributed by atoms with E-state index in [4.69, 9.17) is 16.3 Å². The van der Waals surface area contributed by atoms with Gasteiger partial charge in [-0.3, -0.25) is 4.68 Å². The first-order valence-corrected chi connectivity index (χ1v) is 9.25. The third-order valence-electron chi connectivity index (χ3n) is 4.56. The lowest BCUT2D eigenvalue weighted by Gasteiger charge is -2.09. The summed E-state index contributed by atoms with van der Waals surface area (Å²) < 4.78 is 21.8. The van der Waals surface area contributed by atoms with E-state index in [2.05, 4.69) is 20.1 Å². The van der Waals surface area contributed by atoms with Gasteiger partial charge in [0.15, 0.2) is 10.9 Å². The molecular formula is C20H15ClFN5O. The summed E-state index contributed by atoms with van der Waals surface area (Å²) in [4.78, 5) is 13.2. The summed E-state index contributed by atoms with van der Waals surface area (Å²) in [5.74, 6) is 0.161. The zero-order chi connectivity index (χ0) is 19.3. The van der Waals surface area contributed by atoms with Gasteiger partial charge in [-0.05, 0) is 25.0 Å². The summed E-state index contributed by atoms with van der Waals surface area (Å²) in [6.45, 7) is 0. The fourth-order valence-electron chi connectivity index (χ4n) is 3.10. The highest BCUT2D eigenvalue weighted by Gasteiger charge is 2.26. The largest absolute Gasteiger partial charge is 0.487 e. The number of fused-ring (bicyclic) bond motifs is 1. The summed E-state index contributed by atoms with van der Waals surface area (Å²) in [6, 6.07) is 8.28. The van der Waals surface area contributed by atoms with E-state index in [1.807, 2.05) is 0 Å². The van der Waals surface area contributed by atoms with Gasteiger partial charge in [0, 0.05) is 30.4 Å². The number of hydrogen-bond donors (Lipinski definition) is 0. The van der Waals surface area contributed by atoms with Crippen LogP contribution >= 0.6 is 11.6 Å². The Morgan fingerprint density at radius 2 is 1.96 bits per heavy atom. The van der Waals surface area contributed by atoms with E-state index < -0.39 is 0 Å². The fraction of sp³-hybridized carbons (Fsp3) is 0.200. The molecule has 0 N–H and O–H groups in total. The Bertz CT molecular complexity index is 1200. The molecule has 3 heterocycles. The molecule has 1 saturated carbocycles. The number of benzene rings is 1. The van der Waals surface area contributed by atoms with Gasteiger partial charge in [-0.25, -0.2) is 19.3 Å². The van der Waals surface area contributed by atoms with E-state index >= 15 is 0 Å². The van der Waals surface area contributed by atoms with Crippen LogP contribution in [0.5, 0.6) is 5.75 Å². The minimum Gasteiger partial charge on any atom is -0.487 e. The van der Waals surface area contributed by atoms with Crippen LogP contribution in [0.15, 0.2) is 42.9 Å². The monoisotopic (exact) mass is 395 g/mol. The van der Waals surface area contributed by atoms with Crippen molar-refractivity contribution in [1.29, 1.82) is 0 Å². The van der Waals surface area contributed by atoms with Crippen molar-refractivity contribution in [3.63, 3.8) is 0 Å². The minimum atomic E-state index is -0.355. The second kappa shape index (κ2) is 6.53. The molecule has 1 aromatic carbocycles. The normalized spacial score (nSPS) is 13.8. The van der Waals surface area contributed by atoms with E-state index in [1.165, 1.54) is 12.4 Å². The molecule has 1 fully saturated rings. The Kier molecular flexibility index (Phi) is 3.98. The Hall–Kier alpha value is -3.06. The SMILES string of the molecule is Cn1cc(-c2ncnc3cc(OC4CC4)c(Cl)nc23)c(-c2ccccc2F)n1. The molecule has 140 valence electrons. The van der Waals surface area contributed by atoms with E-state index in [0.29, 0.717) is 39.3 Å². The first-order chi connectivity index (χ1) is 13.6. The molecule has 0 unspecified atom stereocenters. The molecule has 0 bridgehead atoms. The average molecular weight is 396 g/mol. The molecule has 0 spiro atoms. The van der Waals surface area contributed by atoms with Crippen molar-refractivity contribution in [3.8, 4) is 28.3 Å². The van der Waals surface area contributed by atoms with E-state index in [9.17, 15) is 4.39 Å². The van der Waals surface area contributed by atoms with Crippen LogP contribution in [0.3, 0.4) is 0 Å². The maximum absolute atomic E-state index is 14.4. The highest BCUT2D eigenvalue weighted by Crippen LogP contribution is 2.37. The van der Waals surface area contributed by atoms with Crippen LogP contribution < -0.4 is 4.74 Å². The van der Waals surface area contributed by atoms with E-state index in [0.717, 1.165) is 12.8 Å². The van der Waals surface area contributed by atoms with Crippen LogP contribution in [-0.2, 0) is 7.05 Å². The number of halogens is 2. The van der Waals surface area contributed by atoms with Crippen LogP contribution in [-0.4, -0.2) is 30.8 Å². The van der Waals surface area contributed by atoms with Gasteiger partial charge in [0.2, 0.25) is 0 Å². The predicted molar refractivity (Wildman–Crippen MR) is 104 cm³/mol. The van der Waals surface area contributed by atoms with E-state index in [-0.39, 0.29) is 17.1 Å². The number of ether oxygens (including phenoxy) is 1. The minimum absolute atomic E-state index is 0.198. The van der Waals surface area contributed by atoms with Gasteiger partial charge in [-0.2, -0.15) is 5.10 Å². The Balaban J connectivity index is 1.70. The smallest absolute Gasteiger partial charge is 0.171 e. The number of rotatable bonds is 4. The van der Waals surface area contributed by atoms with Gasteiger partial charge in [-0.1, -0.05) is 23.7 Å². The summed E-state index contributed by atoms with van der Waals surface area (Å²) in [5.41, 5.74) is 3.19. The fourth-order valence-corrected chi connectivity index (χ4v) is 3.29. The third-order valence-corrected chi connectivity index (χ3v) is 4.83. The van der Waals surface area contributed by atoms with Crippen LogP contribution in [0.1, 0.15) is 12.8 Å². The molecule has 1 aliphatic rings. The molecule has 6 nitrogen and oxygen atoms in total. The van der Waals surface area contributed by atoms with Crippen molar-refractivity contribution in [3.05, 3.63) is 53.8 Å². The molecule has 0 saturated heterocycles. The molecular weight excluding hydrogens is 381 g/mol. The second-order valence-electron chi connectivity index (χ2n) is 6.73. The first-order valence-electron chi connectivity index (χ1n) is 8.87. The maximum atomic E-state index is 14.4. The van der Waals surface area contributed by atoms with Gasteiger partial charge in [0.05, 0.1) is 11.6 Å². The lowest BCUT2D eigenvalue weighted by atomic mass is 10.0. The van der Waals surface area contributed by atoms with Crippen molar-refractivity contribution in [1.82, 2.24) is 24.7 Å². The van der Waals surface area contributed by atoms with Crippen LogP contribution in [0, 0.1) is 5.82 Å². The lowest BCUT2D eigenvalue weighted by molar-refractivity contribution is 0.302. The van der Waals surface area contributed by atoms with Crippen LogP contribution in [0.25, 0.3) is 33.5 Å². The Morgan fingerprint density at radius 3 is 2.75 bits per heavy atom. The number of aryl methyl sites for hydroxylation is 1. The number of aromatic nitrogens is 5. The molecule has 0 aliphatic heterocycles. The van der Waals surface area contributed by atoms with Gasteiger partial charge in [0.1, 0.15) is 29.0 Å². The van der Waals surface area contributed by atoms with Gasteiger partial charge in [-0.15, -0.1) is 0 Å². The predicted octanol–water partition coefficient (Wildman–Crippen LogP) is 4.43. The quantitative estimate of drug-likeness (QED) is 0.478. The van der Waals surface area contributed by atoms with Crippen molar-refractivity contribution >= 4 is 22.6 Å². The number of nitrogens with zero attached hydrogens (tertiary/aromatic N) is 5. The molecule has 8 heteroatoms. The van der Waals surface area contributed by atoms with Gasteiger partial charge >= 0.3 is 0 Å². The number of hydrogen-bond acceptors (Lipinski definition) is 5.